The van der Waals surface area contributed by atoms with Gasteiger partial charge < -0.3 is 10.2 Å². The largest absolute Gasteiger partial charge is 0.357 e. The van der Waals surface area contributed by atoms with Crippen LogP contribution < -0.4 is 10.0 Å². The Morgan fingerprint density at radius 2 is 2.04 bits per heavy atom. The van der Waals surface area contributed by atoms with Crippen LogP contribution in [0.15, 0.2) is 29.3 Å². The Morgan fingerprint density at radius 1 is 1.31 bits per heavy atom. The lowest BCUT2D eigenvalue weighted by molar-refractivity contribution is 0.316. The van der Waals surface area contributed by atoms with Crippen LogP contribution in [0.3, 0.4) is 0 Å². The molecule has 0 bridgehead atoms. The molecule has 0 spiro atoms. The van der Waals surface area contributed by atoms with Crippen molar-refractivity contribution < 1.29 is 8.42 Å². The van der Waals surface area contributed by atoms with Crippen LogP contribution in [-0.2, 0) is 16.6 Å². The summed E-state index contributed by atoms with van der Waals surface area (Å²) in [6.07, 6.45) is 3.49. The van der Waals surface area contributed by atoms with Gasteiger partial charge in [0.15, 0.2) is 5.96 Å². The highest BCUT2D eigenvalue weighted by atomic mass is 32.2. The van der Waals surface area contributed by atoms with E-state index in [1.165, 1.54) is 17.5 Å². The lowest BCUT2D eigenvalue weighted by Crippen LogP contribution is -2.39. The third-order valence-corrected chi connectivity index (χ3v) is 6.13. The summed E-state index contributed by atoms with van der Waals surface area (Å²) in [6, 6.07) is 8.25. The predicted octanol–water partition coefficient (Wildman–Crippen LogP) is 2.11. The molecule has 0 radical (unpaired) electrons. The first-order valence-electron chi connectivity index (χ1n) is 9.42. The quantitative estimate of drug-likeness (QED) is 0.508. The van der Waals surface area contributed by atoms with E-state index in [0.29, 0.717) is 12.5 Å². The van der Waals surface area contributed by atoms with Crippen molar-refractivity contribution in [2.24, 2.45) is 10.9 Å². The van der Waals surface area contributed by atoms with Gasteiger partial charge in [0, 0.05) is 26.7 Å². The molecule has 1 aromatic carbocycles. The van der Waals surface area contributed by atoms with Gasteiger partial charge in [0.25, 0.3) is 0 Å². The van der Waals surface area contributed by atoms with Gasteiger partial charge in [-0.1, -0.05) is 30.7 Å². The molecule has 1 aliphatic carbocycles. The maximum atomic E-state index is 12.1. The summed E-state index contributed by atoms with van der Waals surface area (Å²) in [6.45, 7) is 6.39. The number of benzene rings is 1. The van der Waals surface area contributed by atoms with Crippen LogP contribution in [0, 0.1) is 12.8 Å². The molecule has 0 aromatic heterocycles. The Labute approximate surface area is 158 Å². The van der Waals surface area contributed by atoms with Crippen molar-refractivity contribution in [3.8, 4) is 0 Å². The van der Waals surface area contributed by atoms with E-state index in [4.69, 9.17) is 0 Å². The normalized spacial score (nSPS) is 15.6. The standard InChI is InChI=1S/C19H32N4O2S/c1-4-20-19(23(3)15-18-11-6-5-8-16(18)2)21-12-13-26(24,25)22-14-17-9-7-10-17/h5-6,8,11,17,22H,4,7,9-10,12-15H2,1-3H3,(H,20,21). The molecule has 1 aromatic rings. The van der Waals surface area contributed by atoms with E-state index >= 15 is 0 Å². The van der Waals surface area contributed by atoms with E-state index in [2.05, 4.69) is 34.1 Å². The molecule has 0 aliphatic heterocycles. The van der Waals surface area contributed by atoms with Crippen LogP contribution in [-0.4, -0.2) is 51.7 Å². The summed E-state index contributed by atoms with van der Waals surface area (Å²) in [5.41, 5.74) is 2.47. The minimum Gasteiger partial charge on any atom is -0.357 e. The molecule has 146 valence electrons. The summed E-state index contributed by atoms with van der Waals surface area (Å²) >= 11 is 0. The van der Waals surface area contributed by atoms with Gasteiger partial charge in [-0.3, -0.25) is 4.99 Å². The van der Waals surface area contributed by atoms with Crippen LogP contribution >= 0.6 is 0 Å². The van der Waals surface area contributed by atoms with Gasteiger partial charge in [-0.05, 0) is 43.7 Å². The van der Waals surface area contributed by atoms with Gasteiger partial charge in [0.05, 0.1) is 12.3 Å². The molecule has 1 saturated carbocycles. The molecular formula is C19H32N4O2S. The zero-order valence-electron chi connectivity index (χ0n) is 16.2. The van der Waals surface area contributed by atoms with Crippen LogP contribution in [0.5, 0.6) is 0 Å². The minimum absolute atomic E-state index is 0.0207. The monoisotopic (exact) mass is 380 g/mol. The molecule has 1 aliphatic rings. The van der Waals surface area contributed by atoms with E-state index in [1.807, 2.05) is 31.0 Å². The van der Waals surface area contributed by atoms with Gasteiger partial charge in [-0.2, -0.15) is 0 Å². The molecular weight excluding hydrogens is 348 g/mol. The fourth-order valence-electron chi connectivity index (χ4n) is 2.87. The number of hydrogen-bond acceptors (Lipinski definition) is 3. The van der Waals surface area contributed by atoms with Crippen molar-refractivity contribution in [3.63, 3.8) is 0 Å². The predicted molar refractivity (Wildman–Crippen MR) is 108 cm³/mol. The summed E-state index contributed by atoms with van der Waals surface area (Å²) < 4.78 is 26.9. The SMILES string of the molecule is CCNC(=NCCS(=O)(=O)NCC1CCC1)N(C)Cc1ccccc1C. The summed E-state index contributed by atoms with van der Waals surface area (Å²) in [5, 5.41) is 3.24. The number of rotatable bonds is 9. The molecule has 2 N–H and O–H groups in total. The first kappa shape index (κ1) is 20.7. The maximum Gasteiger partial charge on any atom is 0.213 e. The van der Waals surface area contributed by atoms with Crippen LogP contribution in [0.4, 0.5) is 0 Å². The second-order valence-corrected chi connectivity index (χ2v) is 8.91. The first-order chi connectivity index (χ1) is 12.4. The van der Waals surface area contributed by atoms with Gasteiger partial charge >= 0.3 is 0 Å². The Hall–Kier alpha value is -1.60. The molecule has 0 amide bonds. The molecule has 7 heteroatoms. The number of aliphatic imine (C=N–C) groups is 1. The lowest BCUT2D eigenvalue weighted by atomic mass is 9.86. The van der Waals surface area contributed by atoms with Crippen molar-refractivity contribution in [1.82, 2.24) is 14.9 Å². The Balaban J connectivity index is 1.89. The van der Waals surface area contributed by atoms with E-state index in [-0.39, 0.29) is 12.3 Å². The Kier molecular flexibility index (Phi) is 7.90. The average molecular weight is 381 g/mol. The molecule has 6 nitrogen and oxygen atoms in total. The van der Waals surface area contributed by atoms with Gasteiger partial charge in [-0.15, -0.1) is 0 Å². The van der Waals surface area contributed by atoms with E-state index < -0.39 is 10.0 Å². The highest BCUT2D eigenvalue weighted by Gasteiger charge is 2.20. The average Bonchev–Trinajstić information content (AvgIpc) is 2.54. The maximum absolute atomic E-state index is 12.1. The third kappa shape index (κ3) is 6.61. The minimum atomic E-state index is -3.26. The fourth-order valence-corrected chi connectivity index (χ4v) is 3.84. The molecule has 0 atom stereocenters. The highest BCUT2D eigenvalue weighted by Crippen LogP contribution is 2.25. The molecule has 0 heterocycles. The lowest BCUT2D eigenvalue weighted by Gasteiger charge is -2.25. The number of aryl methyl sites for hydroxylation is 1. The fraction of sp³-hybridized carbons (Fsp3) is 0.632. The molecule has 2 rings (SSSR count). The van der Waals surface area contributed by atoms with Crippen molar-refractivity contribution in [1.29, 1.82) is 0 Å². The van der Waals surface area contributed by atoms with E-state index in [9.17, 15) is 8.42 Å². The van der Waals surface area contributed by atoms with Gasteiger partial charge in [0.1, 0.15) is 0 Å². The van der Waals surface area contributed by atoms with Gasteiger partial charge in [-0.25, -0.2) is 13.1 Å². The van der Waals surface area contributed by atoms with E-state index in [0.717, 1.165) is 31.9 Å². The Morgan fingerprint density at radius 3 is 2.65 bits per heavy atom. The van der Waals surface area contributed by atoms with Crippen molar-refractivity contribution in [2.45, 2.75) is 39.7 Å². The van der Waals surface area contributed by atoms with Crippen molar-refractivity contribution in [3.05, 3.63) is 35.4 Å². The zero-order chi connectivity index (χ0) is 19.0. The second-order valence-electron chi connectivity index (χ2n) is 6.98. The second kappa shape index (κ2) is 9.92. The highest BCUT2D eigenvalue weighted by molar-refractivity contribution is 7.89. The molecule has 0 unspecified atom stereocenters. The summed E-state index contributed by atoms with van der Waals surface area (Å²) in [4.78, 5) is 6.53. The molecule has 1 fully saturated rings. The summed E-state index contributed by atoms with van der Waals surface area (Å²) in [7, 11) is -1.29. The van der Waals surface area contributed by atoms with Gasteiger partial charge in [0.2, 0.25) is 10.0 Å². The van der Waals surface area contributed by atoms with Crippen molar-refractivity contribution in [2.75, 3.05) is 32.4 Å². The first-order valence-corrected chi connectivity index (χ1v) is 11.1. The Bertz CT molecular complexity index is 699. The molecule has 0 saturated heterocycles. The molecule has 26 heavy (non-hydrogen) atoms. The number of sulfonamides is 1. The number of guanidine groups is 1. The number of hydrogen-bond donors (Lipinski definition) is 2. The van der Waals surface area contributed by atoms with E-state index in [1.54, 1.807) is 0 Å². The summed E-state index contributed by atoms with van der Waals surface area (Å²) in [5.74, 6) is 1.27. The van der Waals surface area contributed by atoms with Crippen LogP contribution in [0.2, 0.25) is 0 Å². The van der Waals surface area contributed by atoms with Crippen molar-refractivity contribution >= 4 is 16.0 Å². The number of nitrogens with zero attached hydrogens (tertiary/aromatic N) is 2. The van der Waals surface area contributed by atoms with Crippen LogP contribution in [0.25, 0.3) is 0 Å². The van der Waals surface area contributed by atoms with Crippen LogP contribution in [0.1, 0.15) is 37.3 Å². The topological polar surface area (TPSA) is 73.8 Å². The smallest absolute Gasteiger partial charge is 0.213 e. The third-order valence-electron chi connectivity index (χ3n) is 4.80. The zero-order valence-corrected chi connectivity index (χ0v) is 17.0. The number of nitrogens with one attached hydrogen (secondary N) is 2.